The predicted molar refractivity (Wildman–Crippen MR) is 86.8 cm³/mol. The Morgan fingerprint density at radius 2 is 1.77 bits per heavy atom. The van der Waals surface area contributed by atoms with Crippen LogP contribution >= 0.6 is 0 Å². The highest BCUT2D eigenvalue weighted by Gasteiger charge is 2.11. The fraction of sp³-hybridized carbons (Fsp3) is 0.158. The monoisotopic (exact) mass is 293 g/mol. The third-order valence-corrected chi connectivity index (χ3v) is 4.00. The SMILES string of the molecule is Fc1ccc(-c2ccc3oc(C4=CCCCN4)cc3c2)cc1. The number of allylic oxidation sites excluding steroid dienone is 1. The summed E-state index contributed by atoms with van der Waals surface area (Å²) in [5.41, 5.74) is 4.01. The van der Waals surface area contributed by atoms with E-state index in [0.717, 1.165) is 46.5 Å². The molecule has 1 aromatic heterocycles. The molecule has 2 heterocycles. The zero-order valence-electron chi connectivity index (χ0n) is 12.1. The van der Waals surface area contributed by atoms with Gasteiger partial charge in [0, 0.05) is 11.9 Å². The predicted octanol–water partition coefficient (Wildman–Crippen LogP) is 4.96. The van der Waals surface area contributed by atoms with Gasteiger partial charge in [0.1, 0.15) is 11.4 Å². The molecule has 0 saturated carbocycles. The second-order valence-corrected chi connectivity index (χ2v) is 5.56. The lowest BCUT2D eigenvalue weighted by Crippen LogP contribution is -2.16. The van der Waals surface area contributed by atoms with E-state index in [-0.39, 0.29) is 5.82 Å². The van der Waals surface area contributed by atoms with Gasteiger partial charge in [-0.05, 0) is 54.3 Å². The lowest BCUT2D eigenvalue weighted by atomic mass is 10.0. The number of fused-ring (bicyclic) bond motifs is 1. The average Bonchev–Trinajstić information content (AvgIpc) is 2.99. The maximum atomic E-state index is 13.0. The van der Waals surface area contributed by atoms with Gasteiger partial charge in [-0.25, -0.2) is 4.39 Å². The van der Waals surface area contributed by atoms with Crippen LogP contribution < -0.4 is 5.32 Å². The van der Waals surface area contributed by atoms with Gasteiger partial charge in [0.25, 0.3) is 0 Å². The van der Waals surface area contributed by atoms with E-state index in [1.165, 1.54) is 18.6 Å². The van der Waals surface area contributed by atoms with Gasteiger partial charge in [-0.1, -0.05) is 24.3 Å². The first-order chi connectivity index (χ1) is 10.8. The molecular formula is C19H16FNO. The number of benzene rings is 2. The number of rotatable bonds is 2. The summed E-state index contributed by atoms with van der Waals surface area (Å²) in [7, 11) is 0. The third kappa shape index (κ3) is 2.39. The molecule has 1 aliphatic rings. The second kappa shape index (κ2) is 5.34. The van der Waals surface area contributed by atoms with Crippen LogP contribution in [0.1, 0.15) is 18.6 Å². The number of halogens is 1. The van der Waals surface area contributed by atoms with Crippen molar-refractivity contribution in [3.63, 3.8) is 0 Å². The minimum Gasteiger partial charge on any atom is -0.455 e. The largest absolute Gasteiger partial charge is 0.455 e. The maximum Gasteiger partial charge on any atom is 0.150 e. The average molecular weight is 293 g/mol. The van der Waals surface area contributed by atoms with Crippen LogP contribution in [0, 0.1) is 5.82 Å². The molecule has 2 nitrogen and oxygen atoms in total. The van der Waals surface area contributed by atoms with Gasteiger partial charge in [0.15, 0.2) is 5.76 Å². The summed E-state index contributed by atoms with van der Waals surface area (Å²) in [6.45, 7) is 0.990. The highest BCUT2D eigenvalue weighted by Crippen LogP contribution is 2.29. The molecule has 1 N–H and O–H groups in total. The van der Waals surface area contributed by atoms with Crippen LogP contribution in [0.5, 0.6) is 0 Å². The molecule has 0 atom stereocenters. The maximum absolute atomic E-state index is 13.0. The van der Waals surface area contributed by atoms with Crippen molar-refractivity contribution >= 4 is 16.7 Å². The van der Waals surface area contributed by atoms with Crippen molar-refractivity contribution in [2.45, 2.75) is 12.8 Å². The zero-order valence-corrected chi connectivity index (χ0v) is 12.1. The minimum absolute atomic E-state index is 0.217. The molecule has 0 aliphatic carbocycles. The Morgan fingerprint density at radius 1 is 0.955 bits per heavy atom. The van der Waals surface area contributed by atoms with Gasteiger partial charge in [-0.3, -0.25) is 0 Å². The first-order valence-corrected chi connectivity index (χ1v) is 7.53. The van der Waals surface area contributed by atoms with Crippen molar-refractivity contribution in [2.75, 3.05) is 6.54 Å². The van der Waals surface area contributed by atoms with Gasteiger partial charge >= 0.3 is 0 Å². The highest BCUT2D eigenvalue weighted by atomic mass is 19.1. The molecule has 0 radical (unpaired) electrons. The van der Waals surface area contributed by atoms with Crippen molar-refractivity contribution < 1.29 is 8.81 Å². The molecule has 0 fully saturated rings. The zero-order chi connectivity index (χ0) is 14.9. The number of hydrogen-bond acceptors (Lipinski definition) is 2. The standard InChI is InChI=1S/C19H16FNO/c20-16-7-4-13(5-8-16)14-6-9-18-15(11-14)12-19(22-18)17-3-1-2-10-21-17/h3-9,11-12,21H,1-2,10H2. The second-order valence-electron chi connectivity index (χ2n) is 5.56. The molecule has 0 unspecified atom stereocenters. The Balaban J connectivity index is 1.74. The van der Waals surface area contributed by atoms with E-state index < -0.39 is 0 Å². The Labute approximate surface area is 128 Å². The van der Waals surface area contributed by atoms with Gasteiger partial charge in [-0.15, -0.1) is 0 Å². The lowest BCUT2D eigenvalue weighted by molar-refractivity contribution is 0.585. The summed E-state index contributed by atoms with van der Waals surface area (Å²) in [5, 5.41) is 4.43. The molecule has 0 saturated heterocycles. The molecule has 3 heteroatoms. The van der Waals surface area contributed by atoms with Crippen LogP contribution in [0.15, 0.2) is 59.0 Å². The van der Waals surface area contributed by atoms with Crippen LogP contribution in [0.25, 0.3) is 27.8 Å². The third-order valence-electron chi connectivity index (χ3n) is 4.00. The van der Waals surface area contributed by atoms with Crippen molar-refractivity contribution in [1.82, 2.24) is 5.32 Å². The van der Waals surface area contributed by atoms with E-state index in [1.807, 2.05) is 12.1 Å². The summed E-state index contributed by atoms with van der Waals surface area (Å²) in [6, 6.07) is 14.7. The van der Waals surface area contributed by atoms with Gasteiger partial charge in [0.05, 0.1) is 5.70 Å². The van der Waals surface area contributed by atoms with Crippen LogP contribution in [0.3, 0.4) is 0 Å². The molecule has 110 valence electrons. The normalized spacial score (nSPS) is 14.7. The number of furan rings is 1. The Bertz CT molecular complexity index is 846. The van der Waals surface area contributed by atoms with Gasteiger partial charge in [-0.2, -0.15) is 0 Å². The van der Waals surface area contributed by atoms with E-state index in [0.29, 0.717) is 0 Å². The Hall–Kier alpha value is -2.55. The van der Waals surface area contributed by atoms with Crippen molar-refractivity contribution in [2.24, 2.45) is 0 Å². The summed E-state index contributed by atoms with van der Waals surface area (Å²) in [6.07, 6.45) is 4.43. The molecule has 1 aliphatic heterocycles. The van der Waals surface area contributed by atoms with E-state index in [9.17, 15) is 4.39 Å². The molecule has 2 aromatic carbocycles. The van der Waals surface area contributed by atoms with Crippen molar-refractivity contribution in [3.05, 3.63) is 66.2 Å². The topological polar surface area (TPSA) is 25.2 Å². The molecule has 0 bridgehead atoms. The quantitative estimate of drug-likeness (QED) is 0.722. The molecule has 0 spiro atoms. The Morgan fingerprint density at radius 3 is 2.55 bits per heavy atom. The summed E-state index contributed by atoms with van der Waals surface area (Å²) >= 11 is 0. The summed E-state index contributed by atoms with van der Waals surface area (Å²) in [5.74, 6) is 0.664. The minimum atomic E-state index is -0.217. The van der Waals surface area contributed by atoms with Crippen molar-refractivity contribution in [1.29, 1.82) is 0 Å². The first kappa shape index (κ1) is 13.1. The van der Waals surface area contributed by atoms with Crippen LogP contribution in [0.2, 0.25) is 0 Å². The molecular weight excluding hydrogens is 277 g/mol. The van der Waals surface area contributed by atoms with E-state index >= 15 is 0 Å². The first-order valence-electron chi connectivity index (χ1n) is 7.53. The lowest BCUT2D eigenvalue weighted by Gasteiger charge is -2.12. The smallest absolute Gasteiger partial charge is 0.150 e. The van der Waals surface area contributed by atoms with Gasteiger partial charge in [0.2, 0.25) is 0 Å². The Kier molecular flexibility index (Phi) is 3.19. The van der Waals surface area contributed by atoms with E-state index in [1.54, 1.807) is 12.1 Å². The van der Waals surface area contributed by atoms with Crippen LogP contribution in [-0.4, -0.2) is 6.54 Å². The summed E-state index contributed by atoms with van der Waals surface area (Å²) in [4.78, 5) is 0. The fourth-order valence-corrected chi connectivity index (χ4v) is 2.83. The van der Waals surface area contributed by atoms with E-state index in [2.05, 4.69) is 23.5 Å². The molecule has 22 heavy (non-hydrogen) atoms. The highest BCUT2D eigenvalue weighted by molar-refractivity contribution is 5.86. The van der Waals surface area contributed by atoms with Crippen molar-refractivity contribution in [3.8, 4) is 11.1 Å². The molecule has 0 amide bonds. The summed E-state index contributed by atoms with van der Waals surface area (Å²) < 4.78 is 19.0. The van der Waals surface area contributed by atoms with Crippen LogP contribution in [0.4, 0.5) is 4.39 Å². The van der Waals surface area contributed by atoms with Crippen LogP contribution in [-0.2, 0) is 0 Å². The molecule has 4 rings (SSSR count). The number of hydrogen-bond donors (Lipinski definition) is 1. The fourth-order valence-electron chi connectivity index (χ4n) is 2.83. The van der Waals surface area contributed by atoms with E-state index in [4.69, 9.17) is 4.42 Å². The number of nitrogens with one attached hydrogen (secondary N) is 1. The van der Waals surface area contributed by atoms with Gasteiger partial charge < -0.3 is 9.73 Å². The molecule has 3 aromatic rings.